The van der Waals surface area contributed by atoms with E-state index in [-0.39, 0.29) is 24.0 Å². The number of benzene rings is 1. The first-order valence-corrected chi connectivity index (χ1v) is 6.99. The van der Waals surface area contributed by atoms with Crippen molar-refractivity contribution in [3.05, 3.63) is 17.7 Å². The maximum atomic E-state index is 5.76. The van der Waals surface area contributed by atoms with E-state index in [0.717, 1.165) is 24.9 Å². The summed E-state index contributed by atoms with van der Waals surface area (Å²) in [6, 6.07) is 3.83. The Labute approximate surface area is 149 Å². The van der Waals surface area contributed by atoms with Gasteiger partial charge in [-0.3, -0.25) is 4.99 Å². The summed E-state index contributed by atoms with van der Waals surface area (Å²) in [7, 11) is 4.81. The number of methoxy groups -OCH3 is 3. The number of hydrogen-bond acceptors (Lipinski definition) is 4. The Hall–Kier alpha value is -1.38. The molecule has 0 saturated carbocycles. The minimum Gasteiger partial charge on any atom is -0.493 e. The van der Waals surface area contributed by atoms with E-state index < -0.39 is 0 Å². The van der Waals surface area contributed by atoms with Crippen LogP contribution >= 0.6 is 24.0 Å². The van der Waals surface area contributed by atoms with Crippen LogP contribution in [0.15, 0.2) is 17.1 Å². The van der Waals surface area contributed by atoms with Gasteiger partial charge in [-0.2, -0.15) is 0 Å². The molecule has 0 radical (unpaired) electrons. The molecule has 0 aliphatic rings. The first kappa shape index (κ1) is 20.6. The average molecular weight is 423 g/mol. The van der Waals surface area contributed by atoms with Crippen molar-refractivity contribution in [1.82, 2.24) is 5.32 Å². The molecule has 0 aliphatic carbocycles. The van der Waals surface area contributed by atoms with Crippen LogP contribution in [0.5, 0.6) is 17.2 Å². The normalized spacial score (nSPS) is 10.6. The number of aliphatic imine (C=N–C) groups is 1. The lowest BCUT2D eigenvalue weighted by atomic mass is 10.1. The second kappa shape index (κ2) is 11.2. The lowest BCUT2D eigenvalue weighted by Gasteiger charge is -2.16. The van der Waals surface area contributed by atoms with Crippen molar-refractivity contribution in [2.75, 3.05) is 34.4 Å². The molecule has 0 aromatic heterocycles. The van der Waals surface area contributed by atoms with E-state index in [4.69, 9.17) is 19.9 Å². The largest absolute Gasteiger partial charge is 0.493 e. The Morgan fingerprint density at radius 2 is 1.82 bits per heavy atom. The Bertz CT molecular complexity index is 481. The summed E-state index contributed by atoms with van der Waals surface area (Å²) in [6.07, 6.45) is 1.72. The minimum atomic E-state index is 0. The summed E-state index contributed by atoms with van der Waals surface area (Å²) in [4.78, 5) is 4.18. The molecule has 7 heteroatoms. The lowest BCUT2D eigenvalue weighted by molar-refractivity contribution is 0.322. The average Bonchev–Trinajstić information content (AvgIpc) is 2.51. The van der Waals surface area contributed by atoms with E-state index in [1.807, 2.05) is 12.1 Å². The number of guanidine groups is 1. The van der Waals surface area contributed by atoms with Crippen LogP contribution in [0.3, 0.4) is 0 Å². The summed E-state index contributed by atoms with van der Waals surface area (Å²) in [5, 5.41) is 3.08. The smallest absolute Gasteiger partial charge is 0.203 e. The van der Waals surface area contributed by atoms with Crippen LogP contribution in [0.2, 0.25) is 0 Å². The fraction of sp³-hybridized carbons (Fsp3) is 0.533. The van der Waals surface area contributed by atoms with Gasteiger partial charge in [0.2, 0.25) is 5.75 Å². The standard InChI is InChI=1S/C15H25N3O3.HI/c1-5-9-17-15(16)18-10-8-11-6-7-12(19-2)14(21-4)13(11)20-3;/h6-7H,5,8-10H2,1-4H3,(H3,16,17,18);1H. The molecular formula is C15H26IN3O3. The predicted molar refractivity (Wildman–Crippen MR) is 100 cm³/mol. The van der Waals surface area contributed by atoms with Crippen molar-refractivity contribution in [2.45, 2.75) is 19.8 Å². The van der Waals surface area contributed by atoms with Gasteiger partial charge in [-0.1, -0.05) is 13.0 Å². The number of nitrogens with one attached hydrogen (secondary N) is 1. The third kappa shape index (κ3) is 5.78. The fourth-order valence-corrected chi connectivity index (χ4v) is 1.97. The summed E-state index contributed by atoms with van der Waals surface area (Å²) in [5.74, 6) is 2.40. The summed E-state index contributed by atoms with van der Waals surface area (Å²) in [5.41, 5.74) is 6.78. The molecule has 1 aromatic rings. The number of halogens is 1. The van der Waals surface area contributed by atoms with Gasteiger partial charge >= 0.3 is 0 Å². The van der Waals surface area contributed by atoms with Crippen LogP contribution in [0.1, 0.15) is 18.9 Å². The van der Waals surface area contributed by atoms with Gasteiger partial charge in [-0.25, -0.2) is 0 Å². The third-order valence-corrected chi connectivity index (χ3v) is 2.99. The van der Waals surface area contributed by atoms with Crippen LogP contribution in [0, 0.1) is 0 Å². The number of hydrogen-bond donors (Lipinski definition) is 2. The molecule has 126 valence electrons. The zero-order chi connectivity index (χ0) is 15.7. The first-order valence-electron chi connectivity index (χ1n) is 6.99. The number of nitrogens with zero attached hydrogens (tertiary/aromatic N) is 1. The first-order chi connectivity index (χ1) is 10.2. The van der Waals surface area contributed by atoms with E-state index >= 15 is 0 Å². The SMILES string of the molecule is CCCN=C(N)NCCc1ccc(OC)c(OC)c1OC.I. The Kier molecular flexibility index (Phi) is 10.5. The summed E-state index contributed by atoms with van der Waals surface area (Å²) >= 11 is 0. The topological polar surface area (TPSA) is 78.1 Å². The van der Waals surface area contributed by atoms with Crippen LogP contribution < -0.4 is 25.3 Å². The summed E-state index contributed by atoms with van der Waals surface area (Å²) in [6.45, 7) is 3.47. The second-order valence-electron chi connectivity index (χ2n) is 4.44. The molecular weight excluding hydrogens is 397 g/mol. The molecule has 3 N–H and O–H groups in total. The molecule has 6 nitrogen and oxygen atoms in total. The molecule has 0 unspecified atom stereocenters. The number of nitrogens with two attached hydrogens (primary N) is 1. The monoisotopic (exact) mass is 423 g/mol. The molecule has 0 atom stereocenters. The van der Waals surface area contributed by atoms with Crippen LogP contribution in [-0.2, 0) is 6.42 Å². The van der Waals surface area contributed by atoms with Gasteiger partial charge in [0.05, 0.1) is 21.3 Å². The molecule has 0 saturated heterocycles. The van der Waals surface area contributed by atoms with Crippen molar-refractivity contribution in [3.8, 4) is 17.2 Å². The van der Waals surface area contributed by atoms with E-state index in [0.29, 0.717) is 29.8 Å². The number of ether oxygens (including phenoxy) is 3. The molecule has 22 heavy (non-hydrogen) atoms. The van der Waals surface area contributed by atoms with Gasteiger partial charge in [0.25, 0.3) is 0 Å². The molecule has 0 spiro atoms. The highest BCUT2D eigenvalue weighted by Crippen LogP contribution is 2.39. The Balaban J connectivity index is 0.00000441. The Morgan fingerprint density at radius 1 is 1.14 bits per heavy atom. The van der Waals surface area contributed by atoms with Gasteiger partial charge in [0.15, 0.2) is 17.5 Å². The van der Waals surface area contributed by atoms with Crippen molar-refractivity contribution in [3.63, 3.8) is 0 Å². The molecule has 0 aliphatic heterocycles. The summed E-state index contributed by atoms with van der Waals surface area (Å²) < 4.78 is 16.1. The molecule has 1 aromatic carbocycles. The second-order valence-corrected chi connectivity index (χ2v) is 4.44. The molecule has 0 fully saturated rings. The molecule has 0 amide bonds. The third-order valence-electron chi connectivity index (χ3n) is 2.99. The predicted octanol–water partition coefficient (Wildman–Crippen LogP) is 2.19. The zero-order valence-corrected chi connectivity index (χ0v) is 16.0. The van der Waals surface area contributed by atoms with Crippen molar-refractivity contribution < 1.29 is 14.2 Å². The van der Waals surface area contributed by atoms with Gasteiger partial charge in [-0.05, 0) is 18.9 Å². The van der Waals surface area contributed by atoms with Crippen LogP contribution in [0.25, 0.3) is 0 Å². The van der Waals surface area contributed by atoms with Crippen molar-refractivity contribution in [1.29, 1.82) is 0 Å². The maximum absolute atomic E-state index is 5.76. The van der Waals surface area contributed by atoms with E-state index in [1.165, 1.54) is 0 Å². The quantitative estimate of drug-likeness (QED) is 0.381. The fourth-order valence-electron chi connectivity index (χ4n) is 1.97. The van der Waals surface area contributed by atoms with Gasteiger partial charge in [0, 0.05) is 18.7 Å². The maximum Gasteiger partial charge on any atom is 0.203 e. The zero-order valence-electron chi connectivity index (χ0n) is 13.6. The Morgan fingerprint density at radius 3 is 2.36 bits per heavy atom. The molecule has 0 heterocycles. The van der Waals surface area contributed by atoms with Gasteiger partial charge < -0.3 is 25.3 Å². The number of rotatable bonds is 8. The van der Waals surface area contributed by atoms with Crippen LogP contribution in [0.4, 0.5) is 0 Å². The van der Waals surface area contributed by atoms with Crippen LogP contribution in [-0.4, -0.2) is 40.4 Å². The van der Waals surface area contributed by atoms with E-state index in [9.17, 15) is 0 Å². The van der Waals surface area contributed by atoms with E-state index in [2.05, 4.69) is 17.2 Å². The highest BCUT2D eigenvalue weighted by molar-refractivity contribution is 14.0. The van der Waals surface area contributed by atoms with E-state index in [1.54, 1.807) is 21.3 Å². The minimum absolute atomic E-state index is 0. The molecule has 0 bridgehead atoms. The van der Waals surface area contributed by atoms with Gasteiger partial charge in [0.1, 0.15) is 0 Å². The van der Waals surface area contributed by atoms with Crippen molar-refractivity contribution >= 4 is 29.9 Å². The lowest BCUT2D eigenvalue weighted by Crippen LogP contribution is -2.33. The molecule has 1 rings (SSSR count). The van der Waals surface area contributed by atoms with Gasteiger partial charge in [-0.15, -0.1) is 24.0 Å². The van der Waals surface area contributed by atoms with Crippen molar-refractivity contribution in [2.24, 2.45) is 10.7 Å². The highest BCUT2D eigenvalue weighted by atomic mass is 127. The highest BCUT2D eigenvalue weighted by Gasteiger charge is 2.15.